The second-order valence-electron chi connectivity index (χ2n) is 5.87. The van der Waals surface area contributed by atoms with E-state index in [4.69, 9.17) is 4.98 Å². The first-order chi connectivity index (χ1) is 9.99. The van der Waals surface area contributed by atoms with Crippen LogP contribution in [0.5, 0.6) is 0 Å². The molecule has 0 aliphatic carbocycles. The van der Waals surface area contributed by atoms with Gasteiger partial charge in [-0.1, -0.05) is 32.0 Å². The standard InChI is InChI=1S/C18H25N3/c1-6-19-17-11-16(12(2)3)20-18(21-17)10-15-8-7-13(4)14(5)9-15/h7-9,11-12H,6,10H2,1-5H3,(H,19,20,21). The number of anilines is 1. The van der Waals surface area contributed by atoms with E-state index in [9.17, 15) is 0 Å². The van der Waals surface area contributed by atoms with Crippen LogP contribution in [0.1, 0.15) is 54.9 Å². The van der Waals surface area contributed by atoms with Gasteiger partial charge in [-0.2, -0.15) is 0 Å². The molecular formula is C18H25N3. The summed E-state index contributed by atoms with van der Waals surface area (Å²) in [4.78, 5) is 9.34. The van der Waals surface area contributed by atoms with Crippen LogP contribution in [0.3, 0.4) is 0 Å². The molecule has 0 atom stereocenters. The van der Waals surface area contributed by atoms with Crippen LogP contribution < -0.4 is 5.32 Å². The highest BCUT2D eigenvalue weighted by atomic mass is 15.0. The molecule has 0 saturated carbocycles. The quantitative estimate of drug-likeness (QED) is 0.892. The Bertz CT molecular complexity index is 618. The summed E-state index contributed by atoms with van der Waals surface area (Å²) >= 11 is 0. The molecule has 2 aromatic rings. The van der Waals surface area contributed by atoms with Crippen LogP contribution in [0.2, 0.25) is 0 Å². The Kier molecular flexibility index (Phi) is 4.94. The Hall–Kier alpha value is -1.90. The van der Waals surface area contributed by atoms with Gasteiger partial charge in [-0.15, -0.1) is 0 Å². The van der Waals surface area contributed by atoms with Gasteiger partial charge in [0.15, 0.2) is 0 Å². The second kappa shape index (κ2) is 6.70. The summed E-state index contributed by atoms with van der Waals surface area (Å²) in [5.41, 5.74) is 5.00. The molecule has 0 unspecified atom stereocenters. The maximum atomic E-state index is 4.71. The highest BCUT2D eigenvalue weighted by Crippen LogP contribution is 2.18. The zero-order valence-electron chi connectivity index (χ0n) is 13.7. The van der Waals surface area contributed by atoms with Gasteiger partial charge in [-0.05, 0) is 43.4 Å². The van der Waals surface area contributed by atoms with Crippen molar-refractivity contribution in [3.63, 3.8) is 0 Å². The first-order valence-corrected chi connectivity index (χ1v) is 7.67. The Morgan fingerprint density at radius 3 is 2.43 bits per heavy atom. The molecule has 0 fully saturated rings. The van der Waals surface area contributed by atoms with Crippen LogP contribution in [0, 0.1) is 13.8 Å². The Morgan fingerprint density at radius 2 is 1.81 bits per heavy atom. The molecule has 0 saturated heterocycles. The minimum Gasteiger partial charge on any atom is -0.370 e. The SMILES string of the molecule is CCNc1cc(C(C)C)nc(Cc2ccc(C)c(C)c2)n1. The number of benzene rings is 1. The minimum atomic E-state index is 0.406. The Balaban J connectivity index is 2.31. The van der Waals surface area contributed by atoms with Gasteiger partial charge in [-0.25, -0.2) is 9.97 Å². The van der Waals surface area contributed by atoms with E-state index in [1.54, 1.807) is 0 Å². The Morgan fingerprint density at radius 1 is 1.05 bits per heavy atom. The monoisotopic (exact) mass is 283 g/mol. The molecule has 1 N–H and O–H groups in total. The summed E-state index contributed by atoms with van der Waals surface area (Å²) in [6.07, 6.45) is 0.778. The van der Waals surface area contributed by atoms with E-state index < -0.39 is 0 Å². The summed E-state index contributed by atoms with van der Waals surface area (Å²) in [5.74, 6) is 2.22. The number of hydrogen-bond acceptors (Lipinski definition) is 3. The highest BCUT2D eigenvalue weighted by molar-refractivity contribution is 5.38. The average Bonchev–Trinajstić information content (AvgIpc) is 2.43. The number of nitrogens with zero attached hydrogens (tertiary/aromatic N) is 2. The molecule has 0 aliphatic rings. The molecule has 1 heterocycles. The maximum absolute atomic E-state index is 4.71. The van der Waals surface area contributed by atoms with Crippen molar-refractivity contribution in [1.82, 2.24) is 9.97 Å². The van der Waals surface area contributed by atoms with Crippen molar-refractivity contribution in [3.8, 4) is 0 Å². The molecule has 2 rings (SSSR count). The zero-order valence-corrected chi connectivity index (χ0v) is 13.7. The third-order valence-electron chi connectivity index (χ3n) is 3.68. The number of rotatable bonds is 5. The molecule has 0 radical (unpaired) electrons. The molecule has 0 bridgehead atoms. The highest BCUT2D eigenvalue weighted by Gasteiger charge is 2.08. The number of aromatic nitrogens is 2. The van der Waals surface area contributed by atoms with Crippen LogP contribution in [0.4, 0.5) is 5.82 Å². The predicted molar refractivity (Wildman–Crippen MR) is 89.0 cm³/mol. The Labute approximate surface area is 127 Å². The first kappa shape index (κ1) is 15.5. The van der Waals surface area contributed by atoms with Crippen LogP contribution in [0.25, 0.3) is 0 Å². The van der Waals surface area contributed by atoms with Crippen molar-refractivity contribution in [2.45, 2.75) is 47.0 Å². The van der Waals surface area contributed by atoms with Crippen molar-refractivity contribution in [1.29, 1.82) is 0 Å². The van der Waals surface area contributed by atoms with Crippen molar-refractivity contribution in [2.24, 2.45) is 0 Å². The van der Waals surface area contributed by atoms with E-state index in [-0.39, 0.29) is 0 Å². The summed E-state index contributed by atoms with van der Waals surface area (Å²) in [6.45, 7) is 11.6. The molecule has 0 amide bonds. The minimum absolute atomic E-state index is 0.406. The average molecular weight is 283 g/mol. The second-order valence-corrected chi connectivity index (χ2v) is 5.87. The molecular weight excluding hydrogens is 258 g/mol. The number of nitrogens with one attached hydrogen (secondary N) is 1. The van der Waals surface area contributed by atoms with Crippen LogP contribution in [-0.4, -0.2) is 16.5 Å². The fourth-order valence-corrected chi connectivity index (χ4v) is 2.26. The third kappa shape index (κ3) is 4.03. The lowest BCUT2D eigenvalue weighted by molar-refractivity contribution is 0.792. The predicted octanol–water partition coefficient (Wildman–Crippen LogP) is 4.24. The molecule has 112 valence electrons. The van der Waals surface area contributed by atoms with Crippen molar-refractivity contribution >= 4 is 5.82 Å². The van der Waals surface area contributed by atoms with Crippen LogP contribution in [0.15, 0.2) is 24.3 Å². The van der Waals surface area contributed by atoms with Crippen LogP contribution >= 0.6 is 0 Å². The van der Waals surface area contributed by atoms with Gasteiger partial charge in [0.05, 0.1) is 0 Å². The summed E-state index contributed by atoms with van der Waals surface area (Å²) in [7, 11) is 0. The summed E-state index contributed by atoms with van der Waals surface area (Å²) in [5, 5.41) is 3.30. The third-order valence-corrected chi connectivity index (χ3v) is 3.68. The first-order valence-electron chi connectivity index (χ1n) is 7.67. The van der Waals surface area contributed by atoms with E-state index in [0.717, 1.165) is 30.3 Å². The normalized spacial score (nSPS) is 11.0. The van der Waals surface area contributed by atoms with E-state index in [0.29, 0.717) is 5.92 Å². The lowest BCUT2D eigenvalue weighted by Gasteiger charge is -2.11. The van der Waals surface area contributed by atoms with Crippen molar-refractivity contribution < 1.29 is 0 Å². The van der Waals surface area contributed by atoms with E-state index in [1.165, 1.54) is 16.7 Å². The molecule has 21 heavy (non-hydrogen) atoms. The number of hydrogen-bond donors (Lipinski definition) is 1. The maximum Gasteiger partial charge on any atom is 0.135 e. The lowest BCUT2D eigenvalue weighted by atomic mass is 10.0. The number of aryl methyl sites for hydroxylation is 2. The molecule has 1 aromatic heterocycles. The van der Waals surface area contributed by atoms with E-state index in [1.807, 2.05) is 0 Å². The molecule has 0 spiro atoms. The van der Waals surface area contributed by atoms with Gasteiger partial charge in [0.2, 0.25) is 0 Å². The summed E-state index contributed by atoms with van der Waals surface area (Å²) < 4.78 is 0. The van der Waals surface area contributed by atoms with E-state index in [2.05, 4.69) is 69.2 Å². The largest absolute Gasteiger partial charge is 0.370 e. The fourth-order valence-electron chi connectivity index (χ4n) is 2.26. The van der Waals surface area contributed by atoms with Crippen molar-refractivity contribution in [2.75, 3.05) is 11.9 Å². The van der Waals surface area contributed by atoms with Gasteiger partial charge in [-0.3, -0.25) is 0 Å². The summed E-state index contributed by atoms with van der Waals surface area (Å²) in [6, 6.07) is 8.62. The topological polar surface area (TPSA) is 37.8 Å². The van der Waals surface area contributed by atoms with Crippen LogP contribution in [-0.2, 0) is 6.42 Å². The van der Waals surface area contributed by atoms with Gasteiger partial charge in [0, 0.05) is 24.7 Å². The molecule has 3 nitrogen and oxygen atoms in total. The van der Waals surface area contributed by atoms with Gasteiger partial charge < -0.3 is 5.32 Å². The zero-order chi connectivity index (χ0) is 15.4. The fraction of sp³-hybridized carbons (Fsp3) is 0.444. The van der Waals surface area contributed by atoms with Gasteiger partial charge in [0.25, 0.3) is 0 Å². The van der Waals surface area contributed by atoms with Crippen molar-refractivity contribution in [3.05, 3.63) is 52.5 Å². The van der Waals surface area contributed by atoms with Gasteiger partial charge in [0.1, 0.15) is 11.6 Å². The lowest BCUT2D eigenvalue weighted by Crippen LogP contribution is -2.07. The smallest absolute Gasteiger partial charge is 0.135 e. The molecule has 0 aliphatic heterocycles. The molecule has 1 aromatic carbocycles. The van der Waals surface area contributed by atoms with Gasteiger partial charge >= 0.3 is 0 Å². The van der Waals surface area contributed by atoms with E-state index >= 15 is 0 Å². The molecule has 3 heteroatoms.